The zero-order chi connectivity index (χ0) is 17.5. The van der Waals surface area contributed by atoms with Crippen LogP contribution < -0.4 is 0 Å². The van der Waals surface area contributed by atoms with E-state index in [9.17, 15) is 4.79 Å². The van der Waals surface area contributed by atoms with Crippen molar-refractivity contribution in [1.29, 1.82) is 0 Å². The molecule has 4 atom stereocenters. The van der Waals surface area contributed by atoms with Gasteiger partial charge in [0.2, 0.25) is 0 Å². The monoisotopic (exact) mass is 348 g/mol. The topological polar surface area (TPSA) is 35.5 Å². The molecule has 0 amide bonds. The van der Waals surface area contributed by atoms with Gasteiger partial charge in [-0.25, -0.2) is 0 Å². The number of carbonyl (C=O) groups excluding carboxylic acids is 1. The lowest BCUT2D eigenvalue weighted by Crippen LogP contribution is -2.45. The van der Waals surface area contributed by atoms with Crippen LogP contribution in [-0.2, 0) is 14.0 Å². The minimum Gasteiger partial charge on any atom is -0.469 e. The number of esters is 1. The number of halogens is 1. The number of carbonyl (C=O) groups is 1. The van der Waals surface area contributed by atoms with Crippen molar-refractivity contribution in [3.8, 4) is 0 Å². The highest BCUT2D eigenvalue weighted by atomic mass is 35.5. The predicted octanol–water partition coefficient (Wildman–Crippen LogP) is 4.84. The number of ether oxygens (including phenoxy) is 1. The summed E-state index contributed by atoms with van der Waals surface area (Å²) in [5, 5.41) is 0.155. The SMILES string of the molecule is COC(=O)[C@@H]1[C@@H](C)[C@@H](O[Si](C)(C)C(C)(C)C)C[C@H]1C(C)(C)Cl. The summed E-state index contributed by atoms with van der Waals surface area (Å²) in [5.41, 5.74) is 0. The minimum atomic E-state index is -1.87. The Balaban J connectivity index is 3.04. The third-order valence-electron chi connectivity index (χ3n) is 5.68. The molecule has 22 heavy (non-hydrogen) atoms. The van der Waals surface area contributed by atoms with Gasteiger partial charge < -0.3 is 9.16 Å². The van der Waals surface area contributed by atoms with Crippen LogP contribution in [0.4, 0.5) is 0 Å². The molecule has 0 spiro atoms. The molecule has 1 aliphatic rings. The first-order valence-corrected chi connectivity index (χ1v) is 11.5. The normalized spacial score (nSPS) is 30.5. The van der Waals surface area contributed by atoms with Crippen LogP contribution in [0.2, 0.25) is 18.1 Å². The first-order chi connectivity index (χ1) is 9.72. The van der Waals surface area contributed by atoms with E-state index in [0.29, 0.717) is 0 Å². The number of methoxy groups -OCH3 is 1. The zero-order valence-corrected chi connectivity index (χ0v) is 17.4. The summed E-state index contributed by atoms with van der Waals surface area (Å²) in [4.78, 5) is 11.8. The molecule has 0 aromatic heterocycles. The Bertz CT molecular complexity index is 409. The highest BCUT2D eigenvalue weighted by Crippen LogP contribution is 2.49. The van der Waals surface area contributed by atoms with Crippen molar-refractivity contribution < 1.29 is 14.0 Å². The van der Waals surface area contributed by atoms with E-state index in [-0.39, 0.29) is 34.9 Å². The molecule has 0 aromatic carbocycles. The Hall–Kier alpha value is -0.0631. The summed E-state index contributed by atoms with van der Waals surface area (Å²) in [6.45, 7) is 17.3. The first kappa shape index (κ1) is 20.0. The Morgan fingerprint density at radius 1 is 1.18 bits per heavy atom. The van der Waals surface area contributed by atoms with Gasteiger partial charge in [-0.15, -0.1) is 11.6 Å². The maximum atomic E-state index is 12.3. The molecule has 0 N–H and O–H groups in total. The smallest absolute Gasteiger partial charge is 0.309 e. The summed E-state index contributed by atoms with van der Waals surface area (Å²) >= 11 is 6.57. The number of alkyl halides is 1. The van der Waals surface area contributed by atoms with Crippen LogP contribution in [0.3, 0.4) is 0 Å². The van der Waals surface area contributed by atoms with Crippen molar-refractivity contribution >= 4 is 25.9 Å². The second-order valence-corrected chi connectivity index (χ2v) is 14.5. The lowest BCUT2D eigenvalue weighted by molar-refractivity contribution is -0.148. The second-order valence-electron chi connectivity index (χ2n) is 8.73. The molecule has 3 nitrogen and oxygen atoms in total. The van der Waals surface area contributed by atoms with Crippen molar-refractivity contribution in [2.45, 2.75) is 77.1 Å². The summed E-state index contributed by atoms with van der Waals surface area (Å²) in [6, 6.07) is 0. The maximum absolute atomic E-state index is 12.3. The molecule has 0 heterocycles. The lowest BCUT2D eigenvalue weighted by Gasteiger charge is -2.39. The Kier molecular flexibility index (Phi) is 5.85. The van der Waals surface area contributed by atoms with Crippen LogP contribution in [0.5, 0.6) is 0 Å². The number of rotatable bonds is 4. The quantitative estimate of drug-likeness (QED) is 0.414. The van der Waals surface area contributed by atoms with Gasteiger partial charge in [0.25, 0.3) is 0 Å². The van der Waals surface area contributed by atoms with E-state index in [0.717, 1.165) is 6.42 Å². The van der Waals surface area contributed by atoms with Crippen molar-refractivity contribution in [2.24, 2.45) is 17.8 Å². The molecular weight excluding hydrogens is 316 g/mol. The van der Waals surface area contributed by atoms with Gasteiger partial charge in [0.15, 0.2) is 8.32 Å². The van der Waals surface area contributed by atoms with E-state index < -0.39 is 13.2 Å². The third-order valence-corrected chi connectivity index (χ3v) is 10.5. The van der Waals surface area contributed by atoms with Crippen LogP contribution in [-0.4, -0.2) is 32.4 Å². The average molecular weight is 349 g/mol. The highest BCUT2D eigenvalue weighted by Gasteiger charge is 2.53. The predicted molar refractivity (Wildman–Crippen MR) is 94.8 cm³/mol. The van der Waals surface area contributed by atoms with E-state index >= 15 is 0 Å². The Labute approximate surface area is 142 Å². The molecule has 0 radical (unpaired) electrons. The molecule has 0 saturated heterocycles. The van der Waals surface area contributed by atoms with E-state index in [2.05, 4.69) is 40.8 Å². The van der Waals surface area contributed by atoms with Crippen LogP contribution >= 0.6 is 11.6 Å². The number of hydrogen-bond donors (Lipinski definition) is 0. The van der Waals surface area contributed by atoms with E-state index in [1.807, 2.05) is 13.8 Å². The van der Waals surface area contributed by atoms with Crippen molar-refractivity contribution in [3.05, 3.63) is 0 Å². The molecule has 1 fully saturated rings. The minimum absolute atomic E-state index is 0.0754. The second kappa shape index (κ2) is 6.44. The summed E-state index contributed by atoms with van der Waals surface area (Å²) < 4.78 is 11.6. The largest absolute Gasteiger partial charge is 0.469 e. The fourth-order valence-corrected chi connectivity index (χ4v) is 4.79. The average Bonchev–Trinajstić information content (AvgIpc) is 2.64. The molecule has 5 heteroatoms. The van der Waals surface area contributed by atoms with Crippen molar-refractivity contribution in [2.75, 3.05) is 7.11 Å². The molecular formula is C17H33ClO3Si. The fraction of sp³-hybridized carbons (Fsp3) is 0.941. The van der Waals surface area contributed by atoms with Crippen LogP contribution in [0, 0.1) is 17.8 Å². The zero-order valence-electron chi connectivity index (χ0n) is 15.6. The molecule has 0 unspecified atom stereocenters. The van der Waals surface area contributed by atoms with E-state index in [1.54, 1.807) is 0 Å². The van der Waals surface area contributed by atoms with E-state index in [4.69, 9.17) is 20.8 Å². The summed E-state index contributed by atoms with van der Waals surface area (Å²) in [6.07, 6.45) is 0.900. The van der Waals surface area contributed by atoms with Crippen molar-refractivity contribution in [3.63, 3.8) is 0 Å². The van der Waals surface area contributed by atoms with Crippen LogP contribution in [0.15, 0.2) is 0 Å². The van der Waals surface area contributed by atoms with Gasteiger partial charge in [0, 0.05) is 11.0 Å². The molecule has 1 saturated carbocycles. The lowest BCUT2D eigenvalue weighted by atomic mass is 9.82. The molecule has 1 aliphatic carbocycles. The van der Waals surface area contributed by atoms with Gasteiger partial charge in [-0.2, -0.15) is 0 Å². The molecule has 0 aromatic rings. The van der Waals surface area contributed by atoms with Gasteiger partial charge >= 0.3 is 5.97 Å². The van der Waals surface area contributed by atoms with Crippen LogP contribution in [0.25, 0.3) is 0 Å². The fourth-order valence-electron chi connectivity index (χ4n) is 3.14. The van der Waals surface area contributed by atoms with E-state index in [1.165, 1.54) is 7.11 Å². The van der Waals surface area contributed by atoms with Crippen molar-refractivity contribution in [1.82, 2.24) is 0 Å². The van der Waals surface area contributed by atoms with Gasteiger partial charge in [0.05, 0.1) is 13.0 Å². The molecule has 130 valence electrons. The molecule has 0 aliphatic heterocycles. The summed E-state index contributed by atoms with van der Waals surface area (Å²) in [7, 11) is -0.416. The van der Waals surface area contributed by atoms with Gasteiger partial charge in [-0.3, -0.25) is 4.79 Å². The van der Waals surface area contributed by atoms with Gasteiger partial charge in [0.1, 0.15) is 0 Å². The highest BCUT2D eigenvalue weighted by molar-refractivity contribution is 6.74. The maximum Gasteiger partial charge on any atom is 0.309 e. The number of hydrogen-bond acceptors (Lipinski definition) is 3. The Morgan fingerprint density at radius 2 is 1.68 bits per heavy atom. The van der Waals surface area contributed by atoms with Crippen LogP contribution in [0.1, 0.15) is 48.0 Å². The molecule has 0 bridgehead atoms. The first-order valence-electron chi connectivity index (χ1n) is 8.17. The van der Waals surface area contributed by atoms with Gasteiger partial charge in [-0.1, -0.05) is 27.7 Å². The Morgan fingerprint density at radius 3 is 2.05 bits per heavy atom. The summed E-state index contributed by atoms with van der Waals surface area (Å²) in [5.74, 6) is -0.143. The molecule has 1 rings (SSSR count). The third kappa shape index (κ3) is 4.07. The standard InChI is InChI=1S/C17H33ClO3Si/c1-11-13(21-22(8,9)16(2,3)4)10-12(17(5,6)18)14(11)15(19)20-7/h11-14H,10H2,1-9H3/t11-,12+,13-,14+/m0/s1. The van der Waals surface area contributed by atoms with Gasteiger partial charge in [-0.05, 0) is 50.2 Å².